The van der Waals surface area contributed by atoms with Crippen LogP contribution in [0, 0.1) is 12.7 Å². The topological polar surface area (TPSA) is 42.9 Å². The zero-order chi connectivity index (χ0) is 14.0. The normalized spacial score (nSPS) is 12.4. The van der Waals surface area contributed by atoms with Gasteiger partial charge in [0.1, 0.15) is 10.8 Å². The van der Waals surface area contributed by atoms with E-state index in [4.69, 9.17) is 0 Å². The van der Waals surface area contributed by atoms with Gasteiger partial charge in [-0.2, -0.15) is 0 Å². The monoisotopic (exact) mass is 278 g/mol. The molecule has 19 heavy (non-hydrogen) atoms. The summed E-state index contributed by atoms with van der Waals surface area (Å²) >= 11 is 0. The number of aromatic nitrogens is 2. The van der Waals surface area contributed by atoms with E-state index in [9.17, 15) is 8.60 Å². The Hall–Kier alpha value is -1.62. The van der Waals surface area contributed by atoms with Crippen molar-refractivity contribution < 1.29 is 8.60 Å². The van der Waals surface area contributed by atoms with Crippen LogP contribution in [0.3, 0.4) is 0 Å². The van der Waals surface area contributed by atoms with Crippen LogP contribution in [0.4, 0.5) is 4.39 Å². The van der Waals surface area contributed by atoms with Gasteiger partial charge in [0.15, 0.2) is 5.82 Å². The number of rotatable bonds is 3. The molecule has 5 heteroatoms. The fraction of sp³-hybridized carbons (Fsp3) is 0.286. The van der Waals surface area contributed by atoms with E-state index in [1.165, 1.54) is 0 Å². The van der Waals surface area contributed by atoms with Crippen LogP contribution >= 0.6 is 0 Å². The van der Waals surface area contributed by atoms with Gasteiger partial charge in [-0.25, -0.2) is 14.4 Å². The van der Waals surface area contributed by atoms with Gasteiger partial charge in [-0.1, -0.05) is 19.1 Å². The summed E-state index contributed by atoms with van der Waals surface area (Å²) in [5.74, 6) is -0.0526. The minimum atomic E-state index is -1.21. The molecule has 1 aromatic carbocycles. The number of hydrogen-bond donors (Lipinski definition) is 0. The third-order valence-electron chi connectivity index (χ3n) is 2.91. The lowest BCUT2D eigenvalue weighted by Crippen LogP contribution is -2.03. The second kappa shape index (κ2) is 5.57. The van der Waals surface area contributed by atoms with Crippen LogP contribution < -0.4 is 0 Å². The predicted octanol–water partition coefficient (Wildman–Crippen LogP) is 2.89. The van der Waals surface area contributed by atoms with Crippen molar-refractivity contribution in [1.82, 2.24) is 9.97 Å². The van der Waals surface area contributed by atoms with Crippen LogP contribution in [0.25, 0.3) is 11.4 Å². The van der Waals surface area contributed by atoms with Crippen molar-refractivity contribution >= 4 is 10.8 Å². The van der Waals surface area contributed by atoms with E-state index in [-0.39, 0.29) is 11.6 Å². The van der Waals surface area contributed by atoms with Crippen molar-refractivity contribution in [3.63, 3.8) is 0 Å². The molecule has 2 aromatic rings. The molecule has 100 valence electrons. The van der Waals surface area contributed by atoms with Gasteiger partial charge in [-0.3, -0.25) is 4.21 Å². The van der Waals surface area contributed by atoms with E-state index in [1.807, 2.05) is 6.92 Å². The molecule has 0 amide bonds. The highest BCUT2D eigenvalue weighted by Gasteiger charge is 2.14. The lowest BCUT2D eigenvalue weighted by molar-refractivity contribution is 0.620. The van der Waals surface area contributed by atoms with Gasteiger partial charge < -0.3 is 0 Å². The van der Waals surface area contributed by atoms with Crippen molar-refractivity contribution in [1.29, 1.82) is 0 Å². The molecule has 1 heterocycles. The van der Waals surface area contributed by atoms with Gasteiger partial charge in [0.2, 0.25) is 0 Å². The summed E-state index contributed by atoms with van der Waals surface area (Å²) in [6, 6.07) is 5.08. The number of halogens is 1. The van der Waals surface area contributed by atoms with Gasteiger partial charge >= 0.3 is 0 Å². The average Bonchev–Trinajstić information content (AvgIpc) is 2.41. The molecule has 0 radical (unpaired) electrons. The van der Waals surface area contributed by atoms with Crippen LogP contribution in [-0.2, 0) is 17.2 Å². The van der Waals surface area contributed by atoms with Crippen molar-refractivity contribution in [2.24, 2.45) is 0 Å². The smallest absolute Gasteiger partial charge is 0.163 e. The van der Waals surface area contributed by atoms with E-state index in [0.717, 1.165) is 5.56 Å². The lowest BCUT2D eigenvalue weighted by atomic mass is 10.1. The Morgan fingerprint density at radius 3 is 2.74 bits per heavy atom. The largest absolute Gasteiger partial charge is 0.253 e. The van der Waals surface area contributed by atoms with Crippen molar-refractivity contribution in [2.45, 2.75) is 25.3 Å². The molecule has 3 nitrogen and oxygen atoms in total. The number of benzene rings is 1. The highest BCUT2D eigenvalue weighted by atomic mass is 32.2. The Labute approximate surface area is 114 Å². The standard InChI is InChI=1S/C14H15FN2OS/c1-4-10-8-16-13(17-14(10)19(3)18)11-7-5-6-9(2)12(11)15/h5-8H,4H2,1-3H3. The molecular weight excluding hydrogens is 263 g/mol. The van der Waals surface area contributed by atoms with Crippen LogP contribution in [0.2, 0.25) is 0 Å². The highest BCUT2D eigenvalue weighted by molar-refractivity contribution is 7.84. The summed E-state index contributed by atoms with van der Waals surface area (Å²) in [4.78, 5) is 8.44. The Bertz CT molecular complexity index is 643. The molecule has 0 aliphatic rings. The molecular formula is C14H15FN2OS. The average molecular weight is 278 g/mol. The van der Waals surface area contributed by atoms with Gasteiger partial charge in [-0.15, -0.1) is 0 Å². The van der Waals surface area contributed by atoms with Crippen LogP contribution in [0.1, 0.15) is 18.1 Å². The number of nitrogens with zero attached hydrogens (tertiary/aromatic N) is 2. The van der Waals surface area contributed by atoms with E-state index in [2.05, 4.69) is 9.97 Å². The van der Waals surface area contributed by atoms with Crippen LogP contribution in [-0.4, -0.2) is 20.4 Å². The Balaban J connectivity index is 2.61. The number of hydrogen-bond acceptors (Lipinski definition) is 3. The zero-order valence-electron chi connectivity index (χ0n) is 11.1. The maximum atomic E-state index is 14.0. The summed E-state index contributed by atoms with van der Waals surface area (Å²) in [5, 5.41) is 0.480. The minimum absolute atomic E-state index is 0.281. The SMILES string of the molecule is CCc1cnc(-c2cccc(C)c2F)nc1S(C)=O. The molecule has 0 saturated heterocycles. The van der Waals surface area contributed by atoms with E-state index in [1.54, 1.807) is 37.6 Å². The van der Waals surface area contributed by atoms with Crippen molar-refractivity contribution in [3.8, 4) is 11.4 Å². The molecule has 1 aromatic heterocycles. The third-order valence-corrected chi connectivity index (χ3v) is 3.81. The fourth-order valence-electron chi connectivity index (χ4n) is 1.83. The van der Waals surface area contributed by atoms with E-state index >= 15 is 0 Å². The fourth-order valence-corrected chi connectivity index (χ4v) is 2.61. The summed E-state index contributed by atoms with van der Waals surface area (Å²) < 4.78 is 25.7. The molecule has 2 rings (SSSR count). The van der Waals surface area contributed by atoms with E-state index in [0.29, 0.717) is 22.6 Å². The first-order chi connectivity index (χ1) is 9.04. The molecule has 0 fully saturated rings. The second-order valence-electron chi connectivity index (χ2n) is 4.27. The second-order valence-corrected chi connectivity index (χ2v) is 5.56. The molecule has 0 aliphatic heterocycles. The molecule has 0 saturated carbocycles. The number of aryl methyl sites for hydroxylation is 2. The molecule has 0 bridgehead atoms. The summed E-state index contributed by atoms with van der Waals surface area (Å²) in [6.45, 7) is 3.64. The highest BCUT2D eigenvalue weighted by Crippen LogP contribution is 2.23. The first-order valence-electron chi connectivity index (χ1n) is 5.99. The Morgan fingerprint density at radius 2 is 2.11 bits per heavy atom. The van der Waals surface area contributed by atoms with Gasteiger partial charge in [0, 0.05) is 18.0 Å². The van der Waals surface area contributed by atoms with Crippen LogP contribution in [0.15, 0.2) is 29.4 Å². The maximum absolute atomic E-state index is 14.0. The summed E-state index contributed by atoms with van der Waals surface area (Å²) in [5.41, 5.74) is 1.71. The van der Waals surface area contributed by atoms with Gasteiger partial charge in [0.05, 0.1) is 16.4 Å². The maximum Gasteiger partial charge on any atom is 0.163 e. The van der Waals surface area contributed by atoms with Gasteiger partial charge in [0.25, 0.3) is 0 Å². The predicted molar refractivity (Wildman–Crippen MR) is 73.9 cm³/mol. The first kappa shape index (κ1) is 13.8. The molecule has 0 aliphatic carbocycles. The zero-order valence-corrected chi connectivity index (χ0v) is 11.9. The third kappa shape index (κ3) is 2.71. The van der Waals surface area contributed by atoms with Crippen molar-refractivity contribution in [2.75, 3.05) is 6.26 Å². The quantitative estimate of drug-likeness (QED) is 0.811. The Kier molecular flexibility index (Phi) is 4.04. The molecule has 1 atom stereocenters. The lowest BCUT2D eigenvalue weighted by Gasteiger charge is -2.08. The molecule has 0 spiro atoms. The summed E-state index contributed by atoms with van der Waals surface area (Å²) in [6.07, 6.45) is 3.89. The Morgan fingerprint density at radius 1 is 1.37 bits per heavy atom. The van der Waals surface area contributed by atoms with E-state index < -0.39 is 10.8 Å². The van der Waals surface area contributed by atoms with Gasteiger partial charge in [-0.05, 0) is 25.0 Å². The van der Waals surface area contributed by atoms with Crippen molar-refractivity contribution in [3.05, 3.63) is 41.3 Å². The first-order valence-corrected chi connectivity index (χ1v) is 7.55. The molecule has 0 N–H and O–H groups in total. The minimum Gasteiger partial charge on any atom is -0.253 e. The van der Waals surface area contributed by atoms with Crippen LogP contribution in [0.5, 0.6) is 0 Å². The molecule has 1 unspecified atom stereocenters. The summed E-state index contributed by atoms with van der Waals surface area (Å²) in [7, 11) is -1.21.